The van der Waals surface area contributed by atoms with Crippen LogP contribution in [0.1, 0.15) is 10.5 Å². The summed E-state index contributed by atoms with van der Waals surface area (Å²) in [6.45, 7) is 0. The number of hydrogen-bond donors (Lipinski definition) is 3. The Balaban J connectivity index is 1.77. The lowest BCUT2D eigenvalue weighted by Crippen LogP contribution is -2.35. The molecular formula is C18H9Cl2N5O6. The first-order valence-corrected chi connectivity index (χ1v) is 9.12. The van der Waals surface area contributed by atoms with Crippen LogP contribution in [0.25, 0.3) is 16.6 Å². The summed E-state index contributed by atoms with van der Waals surface area (Å²) in [5.41, 5.74) is -2.93. The van der Waals surface area contributed by atoms with Crippen LogP contribution in [0.5, 0.6) is 11.5 Å². The highest BCUT2D eigenvalue weighted by atomic mass is 35.5. The summed E-state index contributed by atoms with van der Waals surface area (Å²) in [6, 6.07) is 7.08. The summed E-state index contributed by atoms with van der Waals surface area (Å²) < 4.78 is 6.33. The van der Waals surface area contributed by atoms with E-state index in [9.17, 15) is 19.2 Å². The van der Waals surface area contributed by atoms with Gasteiger partial charge in [-0.15, -0.1) is 0 Å². The van der Waals surface area contributed by atoms with Crippen LogP contribution in [0, 0.1) is 0 Å². The van der Waals surface area contributed by atoms with Gasteiger partial charge in [0.2, 0.25) is 5.69 Å². The van der Waals surface area contributed by atoms with E-state index in [1.807, 2.05) is 4.98 Å². The van der Waals surface area contributed by atoms with E-state index in [2.05, 4.69) is 15.1 Å². The third-order valence-electron chi connectivity index (χ3n) is 4.09. The predicted octanol–water partition coefficient (Wildman–Crippen LogP) is 1.95. The summed E-state index contributed by atoms with van der Waals surface area (Å²) in [6.07, 6.45) is 1.28. The Morgan fingerprint density at radius 1 is 1.06 bits per heavy atom. The summed E-state index contributed by atoms with van der Waals surface area (Å²) in [7, 11) is 0. The van der Waals surface area contributed by atoms with E-state index < -0.39 is 22.9 Å². The number of benzene rings is 2. The third-order valence-corrected chi connectivity index (χ3v) is 4.65. The van der Waals surface area contributed by atoms with E-state index in [1.165, 1.54) is 24.5 Å². The first-order valence-electron chi connectivity index (χ1n) is 8.36. The van der Waals surface area contributed by atoms with Gasteiger partial charge in [0.15, 0.2) is 5.75 Å². The second kappa shape index (κ2) is 7.70. The molecule has 0 atom stereocenters. The summed E-state index contributed by atoms with van der Waals surface area (Å²) in [5.74, 6) is -1.36. The number of H-pyrrole nitrogens is 2. The van der Waals surface area contributed by atoms with Gasteiger partial charge >= 0.3 is 11.7 Å². The number of carboxylic acid groups (broad SMARTS) is 1. The zero-order chi connectivity index (χ0) is 22.3. The lowest BCUT2D eigenvalue weighted by Gasteiger charge is -2.12. The van der Waals surface area contributed by atoms with Crippen molar-refractivity contribution >= 4 is 40.1 Å². The van der Waals surface area contributed by atoms with Gasteiger partial charge in [0.05, 0.1) is 33.0 Å². The molecule has 0 spiro atoms. The van der Waals surface area contributed by atoms with Crippen molar-refractivity contribution in [3.8, 4) is 17.2 Å². The number of carboxylic acids is 1. The van der Waals surface area contributed by atoms with Gasteiger partial charge in [0, 0.05) is 0 Å². The molecule has 0 bridgehead atoms. The highest BCUT2D eigenvalue weighted by Gasteiger charge is 2.18. The Labute approximate surface area is 180 Å². The summed E-state index contributed by atoms with van der Waals surface area (Å²) in [5, 5.41) is 12.8. The SMILES string of the molecule is O=C(O)c1nn(-c2cc(Cl)c(Oc3ccc4nc[nH]c(=O)c4c3)c(Cl)c2)c(=O)[nH]c1=O. The van der Waals surface area contributed by atoms with Crippen LogP contribution in [0.15, 0.2) is 51.0 Å². The Bertz CT molecular complexity index is 1520. The number of hydrogen-bond acceptors (Lipinski definition) is 7. The van der Waals surface area contributed by atoms with E-state index in [-0.39, 0.29) is 38.2 Å². The number of ether oxygens (including phenoxy) is 1. The quantitative estimate of drug-likeness (QED) is 0.415. The fourth-order valence-electron chi connectivity index (χ4n) is 2.71. The van der Waals surface area contributed by atoms with Crippen LogP contribution < -0.4 is 21.5 Å². The molecule has 4 aromatic rings. The van der Waals surface area contributed by atoms with Crippen LogP contribution in [0.4, 0.5) is 0 Å². The van der Waals surface area contributed by atoms with Crippen LogP contribution in [0.2, 0.25) is 10.0 Å². The predicted molar refractivity (Wildman–Crippen MR) is 110 cm³/mol. The number of aromatic carboxylic acids is 1. The van der Waals surface area contributed by atoms with Crippen molar-refractivity contribution in [2.75, 3.05) is 0 Å². The second-order valence-corrected chi connectivity index (χ2v) is 6.89. The van der Waals surface area contributed by atoms with Crippen molar-refractivity contribution in [1.82, 2.24) is 24.7 Å². The standard InChI is InChI=1S/C18H9Cl2N5O6/c19-10-3-7(25-18(30)23-16(27)13(24-25)17(28)29)4-11(20)14(10)31-8-1-2-12-9(5-8)15(26)22-6-21-12/h1-6H,(H,28,29)(H,21,22,26)(H,23,27,30). The molecule has 11 nitrogen and oxygen atoms in total. The molecule has 0 saturated heterocycles. The van der Waals surface area contributed by atoms with Gasteiger partial charge in [-0.25, -0.2) is 14.6 Å². The number of fused-ring (bicyclic) bond motifs is 1. The fourth-order valence-corrected chi connectivity index (χ4v) is 3.26. The smallest absolute Gasteiger partial charge is 0.362 e. The molecule has 13 heteroatoms. The first kappa shape index (κ1) is 20.3. The Hall–Kier alpha value is -3.96. The molecule has 0 aliphatic carbocycles. The maximum Gasteiger partial charge on any atom is 0.362 e. The van der Waals surface area contributed by atoms with Crippen molar-refractivity contribution < 1.29 is 14.6 Å². The minimum Gasteiger partial charge on any atom is -0.476 e. The first-order chi connectivity index (χ1) is 14.7. The van der Waals surface area contributed by atoms with E-state index in [1.54, 1.807) is 12.1 Å². The molecule has 2 aromatic heterocycles. The minimum atomic E-state index is -1.62. The topological polar surface area (TPSA) is 160 Å². The number of halogens is 2. The molecule has 0 amide bonds. The van der Waals surface area contributed by atoms with Crippen LogP contribution >= 0.6 is 23.2 Å². The summed E-state index contributed by atoms with van der Waals surface area (Å²) >= 11 is 12.5. The Morgan fingerprint density at radius 2 is 1.77 bits per heavy atom. The molecule has 0 aliphatic heterocycles. The van der Waals surface area contributed by atoms with Crippen LogP contribution in [0.3, 0.4) is 0 Å². The van der Waals surface area contributed by atoms with E-state index >= 15 is 0 Å². The number of aromatic amines is 2. The number of rotatable bonds is 4. The molecule has 0 unspecified atom stereocenters. The molecular weight excluding hydrogens is 453 g/mol. The molecule has 0 fully saturated rings. The van der Waals surface area contributed by atoms with Gasteiger partial charge in [-0.1, -0.05) is 23.2 Å². The maximum atomic E-state index is 12.1. The average molecular weight is 462 g/mol. The number of nitrogens with zero attached hydrogens (tertiary/aromatic N) is 3. The van der Waals surface area contributed by atoms with Crippen molar-refractivity contribution in [3.63, 3.8) is 0 Å². The van der Waals surface area contributed by atoms with Crippen molar-refractivity contribution in [2.45, 2.75) is 0 Å². The normalized spacial score (nSPS) is 10.9. The lowest BCUT2D eigenvalue weighted by molar-refractivity contribution is 0.0685. The molecule has 3 N–H and O–H groups in total. The van der Waals surface area contributed by atoms with Gasteiger partial charge in [-0.3, -0.25) is 14.6 Å². The van der Waals surface area contributed by atoms with Gasteiger partial charge in [-0.2, -0.15) is 9.78 Å². The fraction of sp³-hybridized carbons (Fsp3) is 0. The van der Waals surface area contributed by atoms with Crippen molar-refractivity contribution in [1.29, 1.82) is 0 Å². The van der Waals surface area contributed by atoms with Crippen LogP contribution in [-0.4, -0.2) is 35.8 Å². The molecule has 156 valence electrons. The number of nitrogens with one attached hydrogen (secondary N) is 2. The average Bonchev–Trinajstić information content (AvgIpc) is 2.71. The highest BCUT2D eigenvalue weighted by Crippen LogP contribution is 2.38. The Kier molecular flexibility index (Phi) is 5.05. The van der Waals surface area contributed by atoms with Gasteiger partial charge < -0.3 is 14.8 Å². The molecule has 31 heavy (non-hydrogen) atoms. The Morgan fingerprint density at radius 3 is 2.45 bits per heavy atom. The molecule has 4 rings (SSSR count). The van der Waals surface area contributed by atoms with Gasteiger partial charge in [-0.05, 0) is 30.3 Å². The van der Waals surface area contributed by atoms with E-state index in [4.69, 9.17) is 33.0 Å². The van der Waals surface area contributed by atoms with Gasteiger partial charge in [0.25, 0.3) is 11.1 Å². The zero-order valence-electron chi connectivity index (χ0n) is 15.1. The number of carbonyl (C=O) groups is 1. The van der Waals surface area contributed by atoms with Gasteiger partial charge in [0.1, 0.15) is 5.75 Å². The molecule has 0 saturated carbocycles. The van der Waals surface area contributed by atoms with Crippen LogP contribution in [-0.2, 0) is 0 Å². The van der Waals surface area contributed by atoms with Crippen molar-refractivity contribution in [3.05, 3.63) is 83.6 Å². The molecule has 2 aromatic carbocycles. The minimum absolute atomic E-state index is 0.00902. The van der Waals surface area contributed by atoms with E-state index in [0.29, 0.717) is 10.2 Å². The highest BCUT2D eigenvalue weighted by molar-refractivity contribution is 6.37. The largest absolute Gasteiger partial charge is 0.476 e. The summed E-state index contributed by atoms with van der Waals surface area (Å²) in [4.78, 5) is 55.0. The number of aromatic nitrogens is 5. The molecule has 0 radical (unpaired) electrons. The monoisotopic (exact) mass is 461 g/mol. The second-order valence-electron chi connectivity index (χ2n) is 6.08. The maximum absolute atomic E-state index is 12.1. The van der Waals surface area contributed by atoms with E-state index in [0.717, 1.165) is 0 Å². The third kappa shape index (κ3) is 3.79. The molecule has 0 aliphatic rings. The van der Waals surface area contributed by atoms with Crippen molar-refractivity contribution in [2.24, 2.45) is 0 Å². The molecule has 2 heterocycles. The zero-order valence-corrected chi connectivity index (χ0v) is 16.6. The lowest BCUT2D eigenvalue weighted by atomic mass is 10.2.